The zero-order valence-electron chi connectivity index (χ0n) is 10.3. The summed E-state index contributed by atoms with van der Waals surface area (Å²) in [5, 5.41) is 0.778. The number of hydrazine groups is 1. The van der Waals surface area contributed by atoms with Gasteiger partial charge in [-0.1, -0.05) is 53.5 Å². The van der Waals surface area contributed by atoms with Crippen LogP contribution < -0.4 is 11.3 Å². The quantitative estimate of drug-likeness (QED) is 0.664. The molecule has 1 unspecified atom stereocenters. The first-order valence-electron chi connectivity index (χ1n) is 5.71. The molecule has 2 rings (SSSR count). The number of hydrogen-bond acceptors (Lipinski definition) is 2. The highest BCUT2D eigenvalue weighted by molar-refractivity contribution is 6.42. The molecule has 1 atom stereocenters. The minimum absolute atomic E-state index is 0.304. The fraction of sp³-hybridized carbons (Fsp3) is 0.143. The molecule has 5 heteroatoms. The van der Waals surface area contributed by atoms with E-state index < -0.39 is 6.04 Å². The van der Waals surface area contributed by atoms with Gasteiger partial charge < -0.3 is 0 Å². The van der Waals surface area contributed by atoms with E-state index in [1.54, 1.807) is 43.3 Å². The van der Waals surface area contributed by atoms with Crippen molar-refractivity contribution in [3.8, 4) is 0 Å². The maximum atomic E-state index is 14.2. The summed E-state index contributed by atoms with van der Waals surface area (Å²) < 4.78 is 14.2. The van der Waals surface area contributed by atoms with Gasteiger partial charge in [0.25, 0.3) is 0 Å². The molecule has 2 aromatic rings. The zero-order valence-corrected chi connectivity index (χ0v) is 11.8. The summed E-state index contributed by atoms with van der Waals surface area (Å²) in [4.78, 5) is 0. The number of hydrogen-bond donors (Lipinski definition) is 2. The average Bonchev–Trinajstić information content (AvgIpc) is 2.40. The van der Waals surface area contributed by atoms with E-state index in [-0.39, 0.29) is 5.82 Å². The van der Waals surface area contributed by atoms with Crippen molar-refractivity contribution in [2.75, 3.05) is 0 Å². The third-order valence-corrected chi connectivity index (χ3v) is 3.83. The number of benzene rings is 2. The second-order valence-corrected chi connectivity index (χ2v) is 5.01. The number of nitrogens with one attached hydrogen (secondary N) is 1. The molecule has 0 spiro atoms. The van der Waals surface area contributed by atoms with Crippen molar-refractivity contribution in [1.82, 2.24) is 5.43 Å². The van der Waals surface area contributed by atoms with Gasteiger partial charge in [0.05, 0.1) is 16.1 Å². The molecule has 0 heterocycles. The maximum Gasteiger partial charge on any atom is 0.131 e. The van der Waals surface area contributed by atoms with Crippen LogP contribution in [-0.2, 0) is 0 Å². The molecular formula is C14H13Cl2FN2. The first-order chi connectivity index (χ1) is 9.06. The van der Waals surface area contributed by atoms with Crippen LogP contribution in [-0.4, -0.2) is 0 Å². The Morgan fingerprint density at radius 1 is 1.11 bits per heavy atom. The molecule has 0 saturated heterocycles. The predicted octanol–water partition coefficient (Wildman–Crippen LogP) is 3.99. The van der Waals surface area contributed by atoms with Gasteiger partial charge in [-0.15, -0.1) is 0 Å². The van der Waals surface area contributed by atoms with Gasteiger partial charge in [-0.05, 0) is 24.1 Å². The smallest absolute Gasteiger partial charge is 0.131 e. The standard InChI is InChI=1S/C14H13Cl2FN2/c1-8-4-2-6-10(13(8)17)14(19-18)9-5-3-7-11(15)12(9)16/h2-7,14,19H,18H2,1H3. The second kappa shape index (κ2) is 5.88. The summed E-state index contributed by atoms with van der Waals surface area (Å²) in [5.41, 5.74) is 4.22. The van der Waals surface area contributed by atoms with Crippen molar-refractivity contribution in [2.24, 2.45) is 5.84 Å². The van der Waals surface area contributed by atoms with Crippen molar-refractivity contribution in [2.45, 2.75) is 13.0 Å². The van der Waals surface area contributed by atoms with E-state index in [1.807, 2.05) is 0 Å². The Kier molecular flexibility index (Phi) is 4.42. The predicted molar refractivity (Wildman–Crippen MR) is 76.8 cm³/mol. The van der Waals surface area contributed by atoms with Crippen LogP contribution in [0.25, 0.3) is 0 Å². The van der Waals surface area contributed by atoms with E-state index in [9.17, 15) is 4.39 Å². The van der Waals surface area contributed by atoms with Crippen LogP contribution in [0.2, 0.25) is 10.0 Å². The molecule has 0 aliphatic heterocycles. The minimum atomic E-state index is -0.550. The highest BCUT2D eigenvalue weighted by atomic mass is 35.5. The minimum Gasteiger partial charge on any atom is -0.271 e. The molecule has 0 radical (unpaired) electrons. The molecule has 100 valence electrons. The van der Waals surface area contributed by atoms with E-state index >= 15 is 0 Å². The zero-order chi connectivity index (χ0) is 14.0. The molecule has 2 nitrogen and oxygen atoms in total. The average molecular weight is 299 g/mol. The summed E-state index contributed by atoms with van der Waals surface area (Å²) >= 11 is 12.1. The van der Waals surface area contributed by atoms with Gasteiger partial charge in [0.2, 0.25) is 0 Å². The van der Waals surface area contributed by atoms with E-state index in [0.29, 0.717) is 26.7 Å². The lowest BCUT2D eigenvalue weighted by Crippen LogP contribution is -2.30. The molecular weight excluding hydrogens is 286 g/mol. The third-order valence-electron chi connectivity index (χ3n) is 2.99. The lowest BCUT2D eigenvalue weighted by molar-refractivity contribution is 0.554. The van der Waals surface area contributed by atoms with Crippen LogP contribution >= 0.6 is 23.2 Å². The van der Waals surface area contributed by atoms with Crippen LogP contribution in [0.3, 0.4) is 0 Å². The lowest BCUT2D eigenvalue weighted by Gasteiger charge is -2.20. The van der Waals surface area contributed by atoms with Crippen LogP contribution in [0.15, 0.2) is 36.4 Å². The van der Waals surface area contributed by atoms with Gasteiger partial charge in [0.1, 0.15) is 5.82 Å². The van der Waals surface area contributed by atoms with Gasteiger partial charge in [0.15, 0.2) is 0 Å². The Morgan fingerprint density at radius 2 is 1.74 bits per heavy atom. The second-order valence-electron chi connectivity index (χ2n) is 4.22. The topological polar surface area (TPSA) is 38.0 Å². The van der Waals surface area contributed by atoms with Gasteiger partial charge in [-0.25, -0.2) is 9.82 Å². The summed E-state index contributed by atoms with van der Waals surface area (Å²) in [6.07, 6.45) is 0. The summed E-state index contributed by atoms with van der Waals surface area (Å²) in [5.74, 6) is 5.25. The summed E-state index contributed by atoms with van der Waals surface area (Å²) in [6.45, 7) is 1.70. The fourth-order valence-electron chi connectivity index (χ4n) is 1.98. The fourth-order valence-corrected chi connectivity index (χ4v) is 2.40. The van der Waals surface area contributed by atoms with Crippen molar-refractivity contribution >= 4 is 23.2 Å². The third kappa shape index (κ3) is 2.74. The molecule has 0 aliphatic rings. The molecule has 0 fully saturated rings. The van der Waals surface area contributed by atoms with Crippen LogP contribution in [0, 0.1) is 12.7 Å². The van der Waals surface area contributed by atoms with E-state index in [4.69, 9.17) is 29.0 Å². The SMILES string of the molecule is Cc1cccc(C(NN)c2cccc(Cl)c2Cl)c1F. The molecule has 0 saturated carbocycles. The van der Waals surface area contributed by atoms with Gasteiger partial charge >= 0.3 is 0 Å². The van der Waals surface area contributed by atoms with Crippen molar-refractivity contribution in [3.05, 3.63) is 69.0 Å². The Bertz CT molecular complexity index is 550. The van der Waals surface area contributed by atoms with Crippen LogP contribution in [0.5, 0.6) is 0 Å². The first-order valence-corrected chi connectivity index (χ1v) is 6.47. The molecule has 19 heavy (non-hydrogen) atoms. The molecule has 0 bridgehead atoms. The number of halogens is 3. The monoisotopic (exact) mass is 298 g/mol. The van der Waals surface area contributed by atoms with E-state index in [2.05, 4.69) is 5.43 Å². The van der Waals surface area contributed by atoms with Crippen LogP contribution in [0.1, 0.15) is 22.7 Å². The van der Waals surface area contributed by atoms with Gasteiger partial charge in [-0.2, -0.15) is 0 Å². The van der Waals surface area contributed by atoms with Crippen molar-refractivity contribution in [3.63, 3.8) is 0 Å². The number of nitrogens with two attached hydrogens (primary N) is 1. The molecule has 2 aromatic carbocycles. The summed E-state index contributed by atoms with van der Waals surface area (Å²) in [7, 11) is 0. The first kappa shape index (κ1) is 14.3. The normalized spacial score (nSPS) is 12.5. The van der Waals surface area contributed by atoms with Crippen LogP contribution in [0.4, 0.5) is 4.39 Å². The molecule has 0 aliphatic carbocycles. The van der Waals surface area contributed by atoms with Gasteiger partial charge in [0, 0.05) is 5.56 Å². The highest BCUT2D eigenvalue weighted by Gasteiger charge is 2.20. The molecule has 3 N–H and O–H groups in total. The Hall–Kier alpha value is -1.13. The van der Waals surface area contributed by atoms with E-state index in [1.165, 1.54) is 0 Å². The maximum absolute atomic E-state index is 14.2. The summed E-state index contributed by atoms with van der Waals surface area (Å²) in [6, 6.07) is 9.79. The Morgan fingerprint density at radius 3 is 2.42 bits per heavy atom. The lowest BCUT2D eigenvalue weighted by atomic mass is 9.97. The van der Waals surface area contributed by atoms with Crippen molar-refractivity contribution < 1.29 is 4.39 Å². The number of aryl methyl sites for hydroxylation is 1. The Labute approximate surface area is 121 Å². The van der Waals surface area contributed by atoms with Crippen molar-refractivity contribution in [1.29, 1.82) is 0 Å². The highest BCUT2D eigenvalue weighted by Crippen LogP contribution is 2.34. The Balaban J connectivity index is 2.57. The van der Waals surface area contributed by atoms with E-state index in [0.717, 1.165) is 0 Å². The number of rotatable bonds is 3. The molecule has 0 aromatic heterocycles. The van der Waals surface area contributed by atoms with Gasteiger partial charge in [-0.3, -0.25) is 5.84 Å². The molecule has 0 amide bonds. The largest absolute Gasteiger partial charge is 0.271 e.